The molecule has 3 saturated heterocycles. The fourth-order valence-corrected chi connectivity index (χ4v) is 7.42. The number of piperidine rings is 2. The molecule has 41 heavy (non-hydrogen) atoms. The molecule has 9 nitrogen and oxygen atoms in total. The molecule has 0 radical (unpaired) electrons. The Morgan fingerprint density at radius 1 is 0.976 bits per heavy atom. The first kappa shape index (κ1) is 30.1. The SMILES string of the molecule is Cc1ccc(C2CCC(CCc3ncnc(C(=O)N4CCC(N5CCC(N(C)S(C)(=O)=O)CC5)CC4)c3C)O2)cc1. The standard InChI is InChI=1S/C31H45N5O4S/c1-22-5-7-24(8-6-22)29-12-10-27(40-29)9-11-28-23(2)30(33-21-32-28)31(37)36-19-15-26(16-20-36)35-17-13-25(14-18-35)34(3)41(4,38)39/h5-8,21,25-27,29H,9-20H2,1-4H3. The van der Waals surface area contributed by atoms with Gasteiger partial charge in [0.05, 0.1) is 18.5 Å². The lowest BCUT2D eigenvalue weighted by molar-refractivity contribution is 0.0400. The van der Waals surface area contributed by atoms with Gasteiger partial charge >= 0.3 is 0 Å². The summed E-state index contributed by atoms with van der Waals surface area (Å²) in [5, 5.41) is 0. The van der Waals surface area contributed by atoms with Crippen molar-refractivity contribution in [3.63, 3.8) is 0 Å². The van der Waals surface area contributed by atoms with E-state index < -0.39 is 10.0 Å². The Hall–Kier alpha value is -2.40. The second-order valence-corrected chi connectivity index (χ2v) is 14.2. The lowest BCUT2D eigenvalue weighted by Crippen LogP contribution is -2.52. The van der Waals surface area contributed by atoms with Crippen LogP contribution in [0, 0.1) is 13.8 Å². The molecule has 3 aliphatic rings. The molecule has 5 rings (SSSR count). The van der Waals surface area contributed by atoms with Crippen molar-refractivity contribution in [3.8, 4) is 0 Å². The number of aromatic nitrogens is 2. The Balaban J connectivity index is 1.10. The van der Waals surface area contributed by atoms with Gasteiger partial charge in [-0.15, -0.1) is 0 Å². The average molecular weight is 584 g/mol. The predicted octanol–water partition coefficient (Wildman–Crippen LogP) is 3.91. The molecule has 1 amide bonds. The molecule has 224 valence electrons. The Bertz CT molecular complexity index is 1300. The first-order chi connectivity index (χ1) is 19.6. The van der Waals surface area contributed by atoms with E-state index in [1.165, 1.54) is 28.0 Å². The van der Waals surface area contributed by atoms with Gasteiger partial charge in [0.15, 0.2) is 0 Å². The van der Waals surface area contributed by atoms with Crippen molar-refractivity contribution in [2.45, 2.75) is 89.5 Å². The van der Waals surface area contributed by atoms with Crippen molar-refractivity contribution in [2.24, 2.45) is 0 Å². The summed E-state index contributed by atoms with van der Waals surface area (Å²) in [4.78, 5) is 26.9. The first-order valence-corrected chi connectivity index (χ1v) is 16.9. The maximum atomic E-state index is 13.5. The summed E-state index contributed by atoms with van der Waals surface area (Å²) >= 11 is 0. The fraction of sp³-hybridized carbons (Fsp3) is 0.645. The molecule has 3 aliphatic heterocycles. The monoisotopic (exact) mass is 583 g/mol. The predicted molar refractivity (Wildman–Crippen MR) is 159 cm³/mol. The van der Waals surface area contributed by atoms with Crippen molar-refractivity contribution in [2.75, 3.05) is 39.5 Å². The van der Waals surface area contributed by atoms with Crippen LogP contribution in [0.4, 0.5) is 0 Å². The highest BCUT2D eigenvalue weighted by molar-refractivity contribution is 7.88. The lowest BCUT2D eigenvalue weighted by Gasteiger charge is -2.43. The number of hydrogen-bond acceptors (Lipinski definition) is 7. The molecule has 0 spiro atoms. The van der Waals surface area contributed by atoms with Gasteiger partial charge in [0.2, 0.25) is 10.0 Å². The van der Waals surface area contributed by atoms with E-state index in [9.17, 15) is 13.2 Å². The number of likely N-dealkylation sites (tertiary alicyclic amines) is 2. The minimum absolute atomic E-state index is 0.00497. The molecule has 0 bridgehead atoms. The molecule has 2 atom stereocenters. The number of aryl methyl sites for hydroxylation is 2. The molecule has 4 heterocycles. The first-order valence-electron chi connectivity index (χ1n) is 15.1. The molecular formula is C31H45N5O4S. The highest BCUT2D eigenvalue weighted by Gasteiger charge is 2.33. The van der Waals surface area contributed by atoms with E-state index in [1.807, 2.05) is 11.8 Å². The lowest BCUT2D eigenvalue weighted by atomic mass is 9.97. The summed E-state index contributed by atoms with van der Waals surface area (Å²) in [6, 6.07) is 9.12. The summed E-state index contributed by atoms with van der Waals surface area (Å²) in [5.74, 6) is -0.00497. The molecule has 3 fully saturated rings. The van der Waals surface area contributed by atoms with Gasteiger partial charge in [-0.25, -0.2) is 22.7 Å². The highest BCUT2D eigenvalue weighted by atomic mass is 32.2. The summed E-state index contributed by atoms with van der Waals surface area (Å²) in [6.07, 6.45) is 10.5. The van der Waals surface area contributed by atoms with Crippen LogP contribution in [0.15, 0.2) is 30.6 Å². The molecular weight excluding hydrogens is 538 g/mol. The van der Waals surface area contributed by atoms with E-state index >= 15 is 0 Å². The van der Waals surface area contributed by atoms with Crippen LogP contribution in [-0.2, 0) is 21.2 Å². The molecule has 0 aliphatic carbocycles. The van der Waals surface area contributed by atoms with Crippen LogP contribution in [0.25, 0.3) is 0 Å². The number of carbonyl (C=O) groups is 1. The minimum Gasteiger partial charge on any atom is -0.370 e. The fourth-order valence-electron chi connectivity index (χ4n) is 6.67. The molecule has 2 unspecified atom stereocenters. The molecule has 0 N–H and O–H groups in total. The zero-order valence-electron chi connectivity index (χ0n) is 25.0. The van der Waals surface area contributed by atoms with Crippen molar-refractivity contribution < 1.29 is 17.9 Å². The maximum absolute atomic E-state index is 13.5. The van der Waals surface area contributed by atoms with Gasteiger partial charge in [-0.05, 0) is 83.9 Å². The van der Waals surface area contributed by atoms with Crippen LogP contribution in [-0.4, -0.2) is 96.1 Å². The van der Waals surface area contributed by atoms with Crippen LogP contribution in [0.3, 0.4) is 0 Å². The Kier molecular flexibility index (Phi) is 9.43. The molecule has 2 aromatic rings. The van der Waals surface area contributed by atoms with Crippen LogP contribution in [0.2, 0.25) is 0 Å². The number of carbonyl (C=O) groups excluding carboxylic acids is 1. The van der Waals surface area contributed by atoms with E-state index in [0.29, 0.717) is 24.8 Å². The van der Waals surface area contributed by atoms with Crippen molar-refractivity contribution >= 4 is 15.9 Å². The number of ether oxygens (including phenoxy) is 1. The summed E-state index contributed by atoms with van der Waals surface area (Å²) in [7, 11) is -1.48. The zero-order valence-corrected chi connectivity index (χ0v) is 25.8. The smallest absolute Gasteiger partial charge is 0.272 e. The topological polar surface area (TPSA) is 95.9 Å². The molecule has 1 aromatic heterocycles. The number of sulfonamides is 1. The van der Waals surface area contributed by atoms with Gasteiger partial charge in [-0.1, -0.05) is 29.8 Å². The van der Waals surface area contributed by atoms with E-state index in [-0.39, 0.29) is 24.2 Å². The zero-order chi connectivity index (χ0) is 29.1. The Morgan fingerprint density at radius 2 is 1.66 bits per heavy atom. The number of nitrogens with zero attached hydrogens (tertiary/aromatic N) is 5. The average Bonchev–Trinajstić information content (AvgIpc) is 3.45. The van der Waals surface area contributed by atoms with Gasteiger partial charge in [-0.3, -0.25) is 4.79 Å². The number of hydrogen-bond donors (Lipinski definition) is 0. The molecule has 10 heteroatoms. The third-order valence-corrected chi connectivity index (χ3v) is 10.8. The number of benzene rings is 1. The normalized spacial score (nSPS) is 23.4. The highest BCUT2D eigenvalue weighted by Crippen LogP contribution is 2.34. The van der Waals surface area contributed by atoms with Gasteiger partial charge < -0.3 is 14.5 Å². The van der Waals surface area contributed by atoms with E-state index in [4.69, 9.17) is 4.74 Å². The van der Waals surface area contributed by atoms with E-state index in [0.717, 1.165) is 75.7 Å². The second kappa shape index (κ2) is 12.9. The molecule has 0 saturated carbocycles. The van der Waals surface area contributed by atoms with Gasteiger partial charge in [0.1, 0.15) is 12.0 Å². The maximum Gasteiger partial charge on any atom is 0.272 e. The number of rotatable bonds is 8. The minimum atomic E-state index is -3.16. The molecule has 1 aromatic carbocycles. The van der Waals surface area contributed by atoms with Gasteiger partial charge in [-0.2, -0.15) is 0 Å². The third-order valence-electron chi connectivity index (χ3n) is 9.46. The van der Waals surface area contributed by atoms with Crippen LogP contribution in [0.5, 0.6) is 0 Å². The third kappa shape index (κ3) is 7.16. The van der Waals surface area contributed by atoms with Crippen molar-refractivity contribution in [1.82, 2.24) is 24.1 Å². The Labute approximate surface area is 245 Å². The van der Waals surface area contributed by atoms with Gasteiger partial charge in [0, 0.05) is 43.5 Å². The van der Waals surface area contributed by atoms with Crippen molar-refractivity contribution in [3.05, 3.63) is 58.7 Å². The van der Waals surface area contributed by atoms with E-state index in [1.54, 1.807) is 7.05 Å². The second-order valence-electron chi connectivity index (χ2n) is 12.1. The Morgan fingerprint density at radius 3 is 2.32 bits per heavy atom. The quantitative estimate of drug-likeness (QED) is 0.465. The van der Waals surface area contributed by atoms with Crippen LogP contribution in [0.1, 0.15) is 83.9 Å². The van der Waals surface area contributed by atoms with Gasteiger partial charge in [0.25, 0.3) is 5.91 Å². The summed E-state index contributed by atoms with van der Waals surface area (Å²) < 4.78 is 31.7. The summed E-state index contributed by atoms with van der Waals surface area (Å²) in [6.45, 7) is 7.28. The van der Waals surface area contributed by atoms with Crippen LogP contribution < -0.4 is 0 Å². The number of amides is 1. The van der Waals surface area contributed by atoms with Crippen molar-refractivity contribution in [1.29, 1.82) is 0 Å². The van der Waals surface area contributed by atoms with E-state index in [2.05, 4.69) is 46.1 Å². The largest absolute Gasteiger partial charge is 0.370 e. The summed E-state index contributed by atoms with van der Waals surface area (Å²) in [5.41, 5.74) is 4.83. The van der Waals surface area contributed by atoms with Crippen LogP contribution >= 0.6 is 0 Å².